The lowest BCUT2D eigenvalue weighted by Gasteiger charge is -2.26. The van der Waals surface area contributed by atoms with E-state index in [1.165, 1.54) is 31.3 Å². The molecule has 1 saturated heterocycles. The van der Waals surface area contributed by atoms with E-state index in [1.54, 1.807) is 42.5 Å². The van der Waals surface area contributed by atoms with E-state index in [9.17, 15) is 14.7 Å². The molecule has 3 aromatic carbocycles. The Morgan fingerprint density at radius 2 is 1.62 bits per heavy atom. The van der Waals surface area contributed by atoms with Crippen molar-refractivity contribution >= 4 is 46.3 Å². The summed E-state index contributed by atoms with van der Waals surface area (Å²) < 4.78 is 10.5. The van der Waals surface area contributed by atoms with Crippen LogP contribution in [0.3, 0.4) is 0 Å². The van der Waals surface area contributed by atoms with E-state index in [0.717, 1.165) is 5.56 Å². The Labute approximate surface area is 206 Å². The Morgan fingerprint density at radius 3 is 2.24 bits per heavy atom. The number of hydrogen-bond acceptors (Lipinski definition) is 5. The van der Waals surface area contributed by atoms with Crippen LogP contribution in [0.25, 0.3) is 5.76 Å². The van der Waals surface area contributed by atoms with Crippen molar-refractivity contribution in [1.29, 1.82) is 0 Å². The summed E-state index contributed by atoms with van der Waals surface area (Å²) in [4.78, 5) is 27.9. The van der Waals surface area contributed by atoms with Gasteiger partial charge in [-0.2, -0.15) is 0 Å². The number of rotatable bonds is 5. The minimum atomic E-state index is -0.906. The van der Waals surface area contributed by atoms with Crippen LogP contribution in [0.15, 0.2) is 66.2 Å². The monoisotopic (exact) mass is 497 g/mol. The van der Waals surface area contributed by atoms with Crippen molar-refractivity contribution in [2.24, 2.45) is 0 Å². The van der Waals surface area contributed by atoms with Crippen LogP contribution in [0.1, 0.15) is 22.7 Å². The molecule has 3 aromatic rings. The third kappa shape index (κ3) is 4.11. The van der Waals surface area contributed by atoms with E-state index in [0.29, 0.717) is 17.0 Å². The first kappa shape index (κ1) is 23.7. The smallest absolute Gasteiger partial charge is 0.300 e. The summed E-state index contributed by atoms with van der Waals surface area (Å²) in [6.45, 7) is 1.89. The Morgan fingerprint density at radius 1 is 0.941 bits per heavy atom. The van der Waals surface area contributed by atoms with Crippen molar-refractivity contribution in [2.75, 3.05) is 19.1 Å². The van der Waals surface area contributed by atoms with E-state index < -0.39 is 23.5 Å². The van der Waals surface area contributed by atoms with Crippen molar-refractivity contribution < 1.29 is 24.2 Å². The van der Waals surface area contributed by atoms with Crippen molar-refractivity contribution in [3.05, 3.63) is 93.0 Å². The molecule has 0 saturated carbocycles. The molecule has 0 aliphatic carbocycles. The molecule has 6 nitrogen and oxygen atoms in total. The third-order valence-corrected chi connectivity index (χ3v) is 6.17. The lowest BCUT2D eigenvalue weighted by Crippen LogP contribution is -2.29. The van der Waals surface area contributed by atoms with E-state index in [1.807, 2.05) is 13.0 Å². The Bertz CT molecular complexity index is 1310. The van der Waals surface area contributed by atoms with Crippen molar-refractivity contribution in [1.82, 2.24) is 0 Å². The highest BCUT2D eigenvalue weighted by Crippen LogP contribution is 2.44. The fourth-order valence-corrected chi connectivity index (χ4v) is 4.69. The molecule has 0 aromatic heterocycles. The number of aliphatic hydroxyl groups excluding tert-OH is 1. The van der Waals surface area contributed by atoms with Gasteiger partial charge >= 0.3 is 0 Å². The van der Waals surface area contributed by atoms with Crippen LogP contribution in [-0.4, -0.2) is 31.0 Å². The summed E-state index contributed by atoms with van der Waals surface area (Å²) in [5, 5.41) is 11.6. The number of benzene rings is 3. The van der Waals surface area contributed by atoms with Gasteiger partial charge in [0.2, 0.25) is 0 Å². The predicted molar refractivity (Wildman–Crippen MR) is 132 cm³/mol. The number of ketones is 1. The fraction of sp³-hybridized carbons (Fsp3) is 0.154. The number of carbonyl (C=O) groups excluding carboxylic acids is 2. The lowest BCUT2D eigenvalue weighted by atomic mass is 9.95. The van der Waals surface area contributed by atoms with E-state index in [-0.39, 0.29) is 26.9 Å². The van der Waals surface area contributed by atoms with Gasteiger partial charge in [0.05, 0.1) is 35.9 Å². The molecule has 0 radical (unpaired) electrons. The van der Waals surface area contributed by atoms with Crippen LogP contribution in [0.4, 0.5) is 5.69 Å². The summed E-state index contributed by atoms with van der Waals surface area (Å²) in [6.07, 6.45) is 0. The minimum absolute atomic E-state index is 0.0861. The average Bonchev–Trinajstić information content (AvgIpc) is 3.09. The first-order chi connectivity index (χ1) is 16.3. The molecule has 1 heterocycles. The van der Waals surface area contributed by atoms with E-state index in [4.69, 9.17) is 32.7 Å². The molecule has 1 aliphatic rings. The number of nitrogens with zero attached hydrogens (tertiary/aromatic N) is 1. The number of ether oxygens (including phenoxy) is 2. The van der Waals surface area contributed by atoms with Crippen LogP contribution < -0.4 is 14.4 Å². The number of aliphatic hydroxyl groups is 1. The zero-order valence-electron chi connectivity index (χ0n) is 18.6. The number of aryl methyl sites for hydroxylation is 1. The largest absolute Gasteiger partial charge is 0.507 e. The van der Waals surface area contributed by atoms with Gasteiger partial charge in [0.15, 0.2) is 5.75 Å². The molecule has 1 unspecified atom stereocenters. The first-order valence-corrected chi connectivity index (χ1v) is 11.1. The number of methoxy groups -OCH3 is 2. The maximum atomic E-state index is 13.3. The Kier molecular flexibility index (Phi) is 6.55. The van der Waals surface area contributed by atoms with Gasteiger partial charge in [-0.3, -0.25) is 14.5 Å². The van der Waals surface area contributed by atoms with Gasteiger partial charge in [-0.1, -0.05) is 47.5 Å². The molecular formula is C26H21Cl2NO5. The molecular weight excluding hydrogens is 477 g/mol. The van der Waals surface area contributed by atoms with Gasteiger partial charge < -0.3 is 14.6 Å². The normalized spacial score (nSPS) is 17.2. The van der Waals surface area contributed by atoms with Crippen molar-refractivity contribution in [3.8, 4) is 11.5 Å². The fourth-order valence-electron chi connectivity index (χ4n) is 4.05. The van der Waals surface area contributed by atoms with Gasteiger partial charge in [-0.15, -0.1) is 0 Å². The van der Waals surface area contributed by atoms with Crippen molar-refractivity contribution in [3.63, 3.8) is 0 Å². The van der Waals surface area contributed by atoms with Gasteiger partial charge in [0.1, 0.15) is 11.5 Å². The zero-order chi connectivity index (χ0) is 24.6. The number of Topliss-reactive ketones (excluding diaryl/α,β-unsaturated/α-hetero) is 1. The lowest BCUT2D eigenvalue weighted by molar-refractivity contribution is -0.132. The summed E-state index contributed by atoms with van der Waals surface area (Å²) in [6, 6.07) is 16.2. The Hall–Kier alpha value is -3.48. The topological polar surface area (TPSA) is 76.1 Å². The summed E-state index contributed by atoms with van der Waals surface area (Å²) >= 11 is 12.5. The molecule has 1 aliphatic heterocycles. The molecule has 4 rings (SSSR count). The van der Waals surface area contributed by atoms with Crippen molar-refractivity contribution in [2.45, 2.75) is 13.0 Å². The number of carbonyl (C=O) groups is 2. The van der Waals surface area contributed by atoms with Crippen LogP contribution >= 0.6 is 23.2 Å². The number of hydrogen-bond donors (Lipinski definition) is 1. The molecule has 1 amide bonds. The van der Waals surface area contributed by atoms with E-state index in [2.05, 4.69) is 0 Å². The van der Waals surface area contributed by atoms with Gasteiger partial charge in [0.25, 0.3) is 11.7 Å². The second-order valence-electron chi connectivity index (χ2n) is 7.76. The van der Waals surface area contributed by atoms with Gasteiger partial charge in [-0.05, 0) is 54.4 Å². The number of amides is 1. The van der Waals surface area contributed by atoms with Crippen LogP contribution in [0, 0.1) is 6.92 Å². The first-order valence-electron chi connectivity index (χ1n) is 10.3. The summed E-state index contributed by atoms with van der Waals surface area (Å²) in [5.74, 6) is -1.19. The highest BCUT2D eigenvalue weighted by Gasteiger charge is 2.47. The second kappa shape index (κ2) is 9.41. The van der Waals surface area contributed by atoms with Crippen LogP contribution in [0.2, 0.25) is 10.0 Å². The molecule has 1 N–H and O–H groups in total. The second-order valence-corrected chi connectivity index (χ2v) is 8.57. The summed E-state index contributed by atoms with van der Waals surface area (Å²) in [7, 11) is 2.95. The highest BCUT2D eigenvalue weighted by atomic mass is 35.5. The number of halogens is 2. The highest BCUT2D eigenvalue weighted by molar-refractivity contribution is 6.51. The summed E-state index contributed by atoms with van der Waals surface area (Å²) in [5.41, 5.74) is 2.13. The van der Waals surface area contributed by atoms with Crippen LogP contribution in [0.5, 0.6) is 11.5 Å². The maximum absolute atomic E-state index is 13.3. The molecule has 1 fully saturated rings. The standard InChI is InChI=1S/C26H21Cl2NO5/c1-14-6-4-8-17(10-14)29-22(15-7-5-9-18(11-15)33-2)21(24(31)26(29)32)23(30)16-12-19(27)25(34-3)20(28)13-16/h4-13,22,30H,1-3H3/b23-21+. The SMILES string of the molecule is COc1cccc(C2/C(=C(\O)c3cc(Cl)c(OC)c(Cl)c3)C(=O)C(=O)N2c2cccc(C)c2)c1. The van der Waals surface area contributed by atoms with E-state index >= 15 is 0 Å². The molecule has 8 heteroatoms. The predicted octanol–water partition coefficient (Wildman–Crippen LogP) is 5.95. The van der Waals surface area contributed by atoms with Gasteiger partial charge in [-0.25, -0.2) is 0 Å². The molecule has 1 atom stereocenters. The maximum Gasteiger partial charge on any atom is 0.300 e. The quantitative estimate of drug-likeness (QED) is 0.268. The molecule has 0 spiro atoms. The van der Waals surface area contributed by atoms with Gasteiger partial charge in [0, 0.05) is 11.3 Å². The molecule has 174 valence electrons. The number of anilines is 1. The minimum Gasteiger partial charge on any atom is -0.507 e. The molecule has 0 bridgehead atoms. The van der Waals surface area contributed by atoms with Crippen LogP contribution in [-0.2, 0) is 9.59 Å². The zero-order valence-corrected chi connectivity index (χ0v) is 20.1. The average molecular weight is 498 g/mol. The molecule has 34 heavy (non-hydrogen) atoms. The Balaban J connectivity index is 1.98. The third-order valence-electron chi connectivity index (χ3n) is 5.61.